The minimum Gasteiger partial charge on any atom is -0.464 e. The predicted molar refractivity (Wildman–Crippen MR) is 45.5 cm³/mol. The highest BCUT2D eigenvalue weighted by Gasteiger charge is 1.94. The lowest BCUT2D eigenvalue weighted by molar-refractivity contribution is 0.163. The summed E-state index contributed by atoms with van der Waals surface area (Å²) in [5.74, 6) is 1.82. The summed E-state index contributed by atoms with van der Waals surface area (Å²) in [6.45, 7) is 6.48. The molecule has 0 atom stereocenters. The number of methoxy groups -OCH3 is 1. The summed E-state index contributed by atoms with van der Waals surface area (Å²) in [4.78, 5) is 0. The first-order valence-electron chi connectivity index (χ1n) is 3.87. The van der Waals surface area contributed by atoms with Gasteiger partial charge in [-0.15, -0.1) is 0 Å². The molecule has 1 aromatic heterocycles. The molecule has 0 aliphatic carbocycles. The van der Waals surface area contributed by atoms with Crippen LogP contribution in [0.5, 0.6) is 0 Å². The van der Waals surface area contributed by atoms with Gasteiger partial charge in [0, 0.05) is 7.11 Å². The van der Waals surface area contributed by atoms with Crippen LogP contribution in [0.25, 0.3) is 0 Å². The Kier molecular flexibility index (Phi) is 5.57. The molecule has 0 amide bonds. The second-order valence-corrected chi connectivity index (χ2v) is 1.95. The van der Waals surface area contributed by atoms with Crippen molar-refractivity contribution < 1.29 is 9.15 Å². The molecule has 0 bridgehead atoms. The number of hydrogen-bond donors (Lipinski definition) is 0. The van der Waals surface area contributed by atoms with Crippen LogP contribution in [-0.2, 0) is 11.3 Å². The van der Waals surface area contributed by atoms with Crippen LogP contribution in [0.15, 0.2) is 16.5 Å². The van der Waals surface area contributed by atoms with E-state index in [1.54, 1.807) is 7.11 Å². The second-order valence-electron chi connectivity index (χ2n) is 1.95. The van der Waals surface area contributed by atoms with Gasteiger partial charge in [-0.25, -0.2) is 0 Å². The van der Waals surface area contributed by atoms with E-state index >= 15 is 0 Å². The molecule has 2 nitrogen and oxygen atoms in total. The number of furan rings is 1. The summed E-state index contributed by atoms with van der Waals surface area (Å²) in [7, 11) is 1.65. The quantitative estimate of drug-likeness (QED) is 0.657. The molecule has 0 fully saturated rings. The minimum atomic E-state index is 0.563. The van der Waals surface area contributed by atoms with Gasteiger partial charge in [0.05, 0.1) is 0 Å². The second kappa shape index (κ2) is 5.98. The van der Waals surface area contributed by atoms with Gasteiger partial charge in [-0.05, 0) is 19.1 Å². The first kappa shape index (κ1) is 10.2. The van der Waals surface area contributed by atoms with Crippen molar-refractivity contribution >= 4 is 0 Å². The zero-order valence-electron chi connectivity index (χ0n) is 7.68. The Labute approximate surface area is 68.2 Å². The Balaban J connectivity index is 0.000000461. The summed E-state index contributed by atoms with van der Waals surface area (Å²) in [5, 5.41) is 0. The van der Waals surface area contributed by atoms with Crippen LogP contribution in [0.2, 0.25) is 0 Å². The topological polar surface area (TPSA) is 22.4 Å². The summed E-state index contributed by atoms with van der Waals surface area (Å²) in [6.07, 6.45) is 0. The molecule has 0 aliphatic rings. The maximum absolute atomic E-state index is 5.20. The average Bonchev–Trinajstić information content (AvgIpc) is 2.41. The molecule has 0 radical (unpaired) electrons. The predicted octanol–water partition coefficient (Wildman–Crippen LogP) is 2.76. The van der Waals surface area contributed by atoms with Gasteiger partial charge in [0.2, 0.25) is 0 Å². The highest BCUT2D eigenvalue weighted by Crippen LogP contribution is 2.06. The van der Waals surface area contributed by atoms with E-state index in [1.807, 2.05) is 32.9 Å². The van der Waals surface area contributed by atoms with Crippen molar-refractivity contribution in [2.45, 2.75) is 27.4 Å². The SMILES string of the molecule is CC.COCc1ccc(C)o1. The highest BCUT2D eigenvalue weighted by molar-refractivity contribution is 5.04. The van der Waals surface area contributed by atoms with Gasteiger partial charge in [0.15, 0.2) is 0 Å². The van der Waals surface area contributed by atoms with E-state index in [0.717, 1.165) is 11.5 Å². The third-order valence-electron chi connectivity index (χ3n) is 1.08. The molecule has 1 heterocycles. The molecule has 0 spiro atoms. The summed E-state index contributed by atoms with van der Waals surface area (Å²) in [6, 6.07) is 3.84. The minimum absolute atomic E-state index is 0.563. The van der Waals surface area contributed by atoms with Gasteiger partial charge in [-0.2, -0.15) is 0 Å². The molecule has 0 aromatic carbocycles. The fourth-order valence-electron chi connectivity index (χ4n) is 0.705. The monoisotopic (exact) mass is 156 g/mol. The highest BCUT2D eigenvalue weighted by atomic mass is 16.5. The van der Waals surface area contributed by atoms with Crippen molar-refractivity contribution in [3.8, 4) is 0 Å². The van der Waals surface area contributed by atoms with Crippen molar-refractivity contribution in [2.75, 3.05) is 7.11 Å². The molecule has 2 heteroatoms. The average molecular weight is 156 g/mol. The molecule has 64 valence electrons. The molecule has 1 rings (SSSR count). The van der Waals surface area contributed by atoms with Crippen LogP contribution in [0.1, 0.15) is 25.4 Å². The van der Waals surface area contributed by atoms with Crippen molar-refractivity contribution in [2.24, 2.45) is 0 Å². The first-order chi connectivity index (χ1) is 5.33. The Hall–Kier alpha value is -0.760. The fraction of sp³-hybridized carbons (Fsp3) is 0.556. The maximum atomic E-state index is 5.20. The maximum Gasteiger partial charge on any atom is 0.129 e. The molecule has 11 heavy (non-hydrogen) atoms. The largest absolute Gasteiger partial charge is 0.464 e. The van der Waals surface area contributed by atoms with Crippen LogP contribution < -0.4 is 0 Å². The van der Waals surface area contributed by atoms with Crippen LogP contribution in [0.3, 0.4) is 0 Å². The zero-order valence-corrected chi connectivity index (χ0v) is 7.68. The standard InChI is InChI=1S/C7H10O2.C2H6/c1-6-3-4-7(9-6)5-8-2;1-2/h3-4H,5H2,1-2H3;1-2H3. The zero-order chi connectivity index (χ0) is 8.69. The van der Waals surface area contributed by atoms with E-state index in [0.29, 0.717) is 6.61 Å². The van der Waals surface area contributed by atoms with E-state index in [9.17, 15) is 0 Å². The van der Waals surface area contributed by atoms with Crippen molar-refractivity contribution in [1.82, 2.24) is 0 Å². The Morgan fingerprint density at radius 1 is 1.36 bits per heavy atom. The van der Waals surface area contributed by atoms with Gasteiger partial charge < -0.3 is 9.15 Å². The van der Waals surface area contributed by atoms with Crippen LogP contribution in [0, 0.1) is 6.92 Å². The van der Waals surface area contributed by atoms with Crippen molar-refractivity contribution in [3.05, 3.63) is 23.7 Å². The molecule has 0 N–H and O–H groups in total. The van der Waals surface area contributed by atoms with E-state index in [2.05, 4.69) is 0 Å². The van der Waals surface area contributed by atoms with Crippen LogP contribution in [0.4, 0.5) is 0 Å². The molecule has 1 aromatic rings. The third kappa shape index (κ3) is 3.83. The molecule has 0 saturated carbocycles. The van der Waals surface area contributed by atoms with E-state index in [4.69, 9.17) is 9.15 Å². The Morgan fingerprint density at radius 2 is 2.00 bits per heavy atom. The fourth-order valence-corrected chi connectivity index (χ4v) is 0.705. The normalized spacial score (nSPS) is 8.73. The molecular weight excluding hydrogens is 140 g/mol. The van der Waals surface area contributed by atoms with Crippen LogP contribution in [-0.4, -0.2) is 7.11 Å². The summed E-state index contributed by atoms with van der Waals surface area (Å²) >= 11 is 0. The summed E-state index contributed by atoms with van der Waals surface area (Å²) < 4.78 is 10.0. The lowest BCUT2D eigenvalue weighted by Gasteiger charge is -1.90. The van der Waals surface area contributed by atoms with Gasteiger partial charge in [0.25, 0.3) is 0 Å². The molecule has 0 unspecified atom stereocenters. The Bertz CT molecular complexity index is 179. The molecule has 0 aliphatic heterocycles. The molecule has 0 saturated heterocycles. The smallest absolute Gasteiger partial charge is 0.129 e. The van der Waals surface area contributed by atoms with E-state index in [1.165, 1.54) is 0 Å². The number of hydrogen-bond acceptors (Lipinski definition) is 2. The third-order valence-corrected chi connectivity index (χ3v) is 1.08. The number of aryl methyl sites for hydroxylation is 1. The lowest BCUT2D eigenvalue weighted by Crippen LogP contribution is -1.81. The van der Waals surface area contributed by atoms with E-state index in [-0.39, 0.29) is 0 Å². The van der Waals surface area contributed by atoms with Gasteiger partial charge in [0.1, 0.15) is 18.1 Å². The number of ether oxygens (including phenoxy) is 1. The lowest BCUT2D eigenvalue weighted by atomic mass is 10.4. The van der Waals surface area contributed by atoms with Gasteiger partial charge in [-0.3, -0.25) is 0 Å². The number of rotatable bonds is 2. The molecular formula is C9H16O2. The van der Waals surface area contributed by atoms with Gasteiger partial charge in [-0.1, -0.05) is 13.8 Å². The van der Waals surface area contributed by atoms with Gasteiger partial charge >= 0.3 is 0 Å². The van der Waals surface area contributed by atoms with Crippen molar-refractivity contribution in [3.63, 3.8) is 0 Å². The Morgan fingerprint density at radius 3 is 2.36 bits per heavy atom. The first-order valence-corrected chi connectivity index (χ1v) is 3.87. The summed E-state index contributed by atoms with van der Waals surface area (Å²) in [5.41, 5.74) is 0. The van der Waals surface area contributed by atoms with Crippen molar-refractivity contribution in [1.29, 1.82) is 0 Å². The van der Waals surface area contributed by atoms with Crippen LogP contribution >= 0.6 is 0 Å². The van der Waals surface area contributed by atoms with E-state index < -0.39 is 0 Å².